The maximum atomic E-state index is 12.8. The second-order valence-corrected chi connectivity index (χ2v) is 7.13. The number of rotatable bonds is 8. The van der Waals surface area contributed by atoms with E-state index in [0.717, 1.165) is 45.3 Å². The van der Waals surface area contributed by atoms with E-state index in [9.17, 15) is 4.79 Å². The molecule has 1 aliphatic carbocycles. The maximum absolute atomic E-state index is 12.8. The monoisotopic (exact) mass is 336 g/mol. The molecular weight excluding hydrogens is 308 g/mol. The molecular formula is C22H28N2O. The molecule has 0 bridgehead atoms. The molecule has 0 aromatic heterocycles. The van der Waals surface area contributed by atoms with Crippen molar-refractivity contribution in [2.75, 3.05) is 20.1 Å². The summed E-state index contributed by atoms with van der Waals surface area (Å²) in [5.41, 5.74) is 2.21. The standard InChI is InChI=1S/C22H28N2O/c1-24(18-19-10-4-2-5-11-19)17-9-16-23-21(25)22(14-8-15-22)20-12-6-3-7-13-20/h2-7,10-13H,8-9,14-18H2,1H3,(H,23,25). The van der Waals surface area contributed by atoms with Gasteiger partial charge < -0.3 is 10.2 Å². The molecule has 2 aromatic carbocycles. The molecule has 2 aromatic rings. The van der Waals surface area contributed by atoms with Crippen molar-refractivity contribution < 1.29 is 4.79 Å². The molecule has 0 aliphatic heterocycles. The van der Waals surface area contributed by atoms with Crippen molar-refractivity contribution in [2.45, 2.75) is 37.6 Å². The van der Waals surface area contributed by atoms with E-state index in [0.29, 0.717) is 0 Å². The van der Waals surface area contributed by atoms with E-state index < -0.39 is 0 Å². The van der Waals surface area contributed by atoms with E-state index in [1.165, 1.54) is 11.1 Å². The number of carbonyl (C=O) groups excluding carboxylic acids is 1. The van der Waals surface area contributed by atoms with Gasteiger partial charge in [0.2, 0.25) is 5.91 Å². The molecule has 1 aliphatic rings. The first-order chi connectivity index (χ1) is 12.2. The molecule has 1 fully saturated rings. The minimum absolute atomic E-state index is 0.204. The molecule has 0 atom stereocenters. The lowest BCUT2D eigenvalue weighted by Gasteiger charge is -2.40. The topological polar surface area (TPSA) is 32.3 Å². The first-order valence-electron chi connectivity index (χ1n) is 9.27. The van der Waals surface area contributed by atoms with Crippen LogP contribution in [0.3, 0.4) is 0 Å². The van der Waals surface area contributed by atoms with Crippen LogP contribution >= 0.6 is 0 Å². The second-order valence-electron chi connectivity index (χ2n) is 7.13. The van der Waals surface area contributed by atoms with Crippen LogP contribution < -0.4 is 5.32 Å². The molecule has 1 N–H and O–H groups in total. The normalized spacial score (nSPS) is 15.6. The summed E-state index contributed by atoms with van der Waals surface area (Å²) in [6.45, 7) is 2.67. The Morgan fingerprint density at radius 3 is 2.28 bits per heavy atom. The summed E-state index contributed by atoms with van der Waals surface area (Å²) >= 11 is 0. The molecule has 1 amide bonds. The van der Waals surface area contributed by atoms with Gasteiger partial charge in [0.25, 0.3) is 0 Å². The molecule has 132 valence electrons. The average Bonchev–Trinajstić information content (AvgIpc) is 2.60. The van der Waals surface area contributed by atoms with Crippen LogP contribution in [0, 0.1) is 0 Å². The Kier molecular flexibility index (Phi) is 5.87. The highest BCUT2D eigenvalue weighted by Crippen LogP contribution is 2.43. The summed E-state index contributed by atoms with van der Waals surface area (Å²) in [7, 11) is 2.13. The molecule has 25 heavy (non-hydrogen) atoms. The summed E-state index contributed by atoms with van der Waals surface area (Å²) < 4.78 is 0. The van der Waals surface area contributed by atoms with Gasteiger partial charge in [0.15, 0.2) is 0 Å². The van der Waals surface area contributed by atoms with Crippen LogP contribution in [0.1, 0.15) is 36.8 Å². The molecule has 3 rings (SSSR count). The van der Waals surface area contributed by atoms with Gasteiger partial charge in [0.1, 0.15) is 0 Å². The van der Waals surface area contributed by atoms with Gasteiger partial charge in [-0.25, -0.2) is 0 Å². The van der Waals surface area contributed by atoms with Crippen molar-refractivity contribution in [2.24, 2.45) is 0 Å². The third-order valence-electron chi connectivity index (χ3n) is 5.27. The smallest absolute Gasteiger partial charge is 0.230 e. The van der Waals surface area contributed by atoms with Crippen LogP contribution in [0.5, 0.6) is 0 Å². The van der Waals surface area contributed by atoms with Crippen molar-refractivity contribution >= 4 is 5.91 Å². The number of benzene rings is 2. The van der Waals surface area contributed by atoms with Crippen LogP contribution in [0.25, 0.3) is 0 Å². The number of nitrogens with zero attached hydrogens (tertiary/aromatic N) is 1. The second kappa shape index (κ2) is 8.30. The number of hydrogen-bond donors (Lipinski definition) is 1. The van der Waals surface area contributed by atoms with Gasteiger partial charge in [-0.05, 0) is 44.0 Å². The maximum Gasteiger partial charge on any atom is 0.230 e. The van der Waals surface area contributed by atoms with E-state index in [-0.39, 0.29) is 11.3 Å². The summed E-state index contributed by atoms with van der Waals surface area (Å²) in [6.07, 6.45) is 4.05. The minimum atomic E-state index is -0.281. The van der Waals surface area contributed by atoms with Gasteiger partial charge in [-0.3, -0.25) is 4.79 Å². The number of amides is 1. The Morgan fingerprint density at radius 1 is 1.04 bits per heavy atom. The average molecular weight is 336 g/mol. The van der Waals surface area contributed by atoms with E-state index in [1.54, 1.807) is 0 Å². The predicted molar refractivity (Wildman–Crippen MR) is 102 cm³/mol. The highest BCUT2D eigenvalue weighted by Gasteiger charge is 2.45. The quantitative estimate of drug-likeness (QED) is 0.745. The molecule has 1 saturated carbocycles. The molecule has 3 heteroatoms. The Bertz CT molecular complexity index is 665. The zero-order chi connectivity index (χ0) is 17.5. The van der Waals surface area contributed by atoms with Gasteiger partial charge in [0, 0.05) is 13.1 Å². The van der Waals surface area contributed by atoms with Crippen molar-refractivity contribution in [3.05, 3.63) is 71.8 Å². The van der Waals surface area contributed by atoms with E-state index in [1.807, 2.05) is 24.3 Å². The summed E-state index contributed by atoms with van der Waals surface area (Å²) in [5, 5.41) is 3.18. The fraction of sp³-hybridized carbons (Fsp3) is 0.409. The van der Waals surface area contributed by atoms with Gasteiger partial charge in [-0.2, -0.15) is 0 Å². The van der Waals surface area contributed by atoms with Crippen LogP contribution in [0.15, 0.2) is 60.7 Å². The Balaban J connectivity index is 1.43. The largest absolute Gasteiger partial charge is 0.355 e. The third kappa shape index (κ3) is 4.29. The zero-order valence-electron chi connectivity index (χ0n) is 15.1. The Labute approximate surface area is 151 Å². The van der Waals surface area contributed by atoms with Crippen molar-refractivity contribution in [3.63, 3.8) is 0 Å². The van der Waals surface area contributed by atoms with Crippen molar-refractivity contribution in [1.29, 1.82) is 0 Å². The van der Waals surface area contributed by atoms with Crippen LogP contribution in [-0.2, 0) is 16.8 Å². The van der Waals surface area contributed by atoms with Crippen molar-refractivity contribution in [1.82, 2.24) is 10.2 Å². The van der Waals surface area contributed by atoms with E-state index >= 15 is 0 Å². The number of nitrogens with one attached hydrogen (secondary N) is 1. The third-order valence-corrected chi connectivity index (χ3v) is 5.27. The molecule has 0 heterocycles. The molecule has 0 unspecified atom stereocenters. The van der Waals surface area contributed by atoms with Crippen LogP contribution in [-0.4, -0.2) is 30.9 Å². The van der Waals surface area contributed by atoms with E-state index in [2.05, 4.69) is 53.7 Å². The molecule has 0 radical (unpaired) electrons. The lowest BCUT2D eigenvalue weighted by Crippen LogP contribution is -2.49. The molecule has 3 nitrogen and oxygen atoms in total. The van der Waals surface area contributed by atoms with E-state index in [4.69, 9.17) is 0 Å². The van der Waals surface area contributed by atoms with Gasteiger partial charge >= 0.3 is 0 Å². The number of carbonyl (C=O) groups is 1. The number of hydrogen-bond acceptors (Lipinski definition) is 2. The van der Waals surface area contributed by atoms with Crippen LogP contribution in [0.4, 0.5) is 0 Å². The Hall–Kier alpha value is -2.13. The fourth-order valence-corrected chi connectivity index (χ4v) is 3.63. The first-order valence-corrected chi connectivity index (χ1v) is 9.27. The highest BCUT2D eigenvalue weighted by molar-refractivity contribution is 5.89. The minimum Gasteiger partial charge on any atom is -0.355 e. The zero-order valence-corrected chi connectivity index (χ0v) is 15.1. The summed E-state index contributed by atoms with van der Waals surface area (Å²) in [6, 6.07) is 20.7. The fourth-order valence-electron chi connectivity index (χ4n) is 3.63. The van der Waals surface area contributed by atoms with Gasteiger partial charge in [-0.1, -0.05) is 67.1 Å². The lowest BCUT2D eigenvalue weighted by molar-refractivity contribution is -0.129. The highest BCUT2D eigenvalue weighted by atomic mass is 16.2. The van der Waals surface area contributed by atoms with Crippen LogP contribution in [0.2, 0.25) is 0 Å². The Morgan fingerprint density at radius 2 is 1.68 bits per heavy atom. The van der Waals surface area contributed by atoms with Gasteiger partial charge in [0.05, 0.1) is 5.41 Å². The SMILES string of the molecule is CN(CCCNC(=O)C1(c2ccccc2)CCC1)Cc1ccccc1. The first kappa shape index (κ1) is 17.7. The summed E-state index contributed by atoms with van der Waals surface area (Å²) in [5.74, 6) is 0.204. The molecule has 0 saturated heterocycles. The lowest BCUT2D eigenvalue weighted by atomic mass is 9.64. The molecule has 0 spiro atoms. The predicted octanol–water partition coefficient (Wildman–Crippen LogP) is 3.75. The summed E-state index contributed by atoms with van der Waals surface area (Å²) in [4.78, 5) is 15.1. The van der Waals surface area contributed by atoms with Gasteiger partial charge in [-0.15, -0.1) is 0 Å². The van der Waals surface area contributed by atoms with Crippen molar-refractivity contribution in [3.8, 4) is 0 Å².